The number of aromatic nitrogens is 5. The summed E-state index contributed by atoms with van der Waals surface area (Å²) >= 11 is 0. The van der Waals surface area contributed by atoms with Gasteiger partial charge in [-0.25, -0.2) is 19.9 Å². The standard InChI is InChI=1S/C86H56BN7/c1-6-24-57(25-7-1)63-46-50-78-69(53-63)68-36-16-19-39-77(68)94(78)79-51-47-64(75-55-73(59-26-8-2-9-27-59)88-85(90-75)61-30-12-4-13-31-61)54-70(79)76-56-74(60-28-10-3-11-29-60)89-86(91-76)65-33-22-32-62(52-65)58-44-48-67(49-45-58)93-81-41-21-18-38-72(81)87-71-37-17-20-40-80(71)92(66-34-14-5-15-35-66)82-42-23-43-83(93)84(82)87/h1-56H. The van der Waals surface area contributed by atoms with E-state index in [4.69, 9.17) is 19.9 Å². The number of hydrogen-bond acceptors (Lipinski definition) is 6. The molecule has 0 aliphatic carbocycles. The first-order valence-corrected chi connectivity index (χ1v) is 32.0. The van der Waals surface area contributed by atoms with Crippen molar-refractivity contribution in [2.75, 3.05) is 9.80 Å². The molecule has 438 valence electrons. The molecule has 0 bridgehead atoms. The second-order valence-electron chi connectivity index (χ2n) is 24.1. The second-order valence-corrected chi connectivity index (χ2v) is 24.1. The molecule has 18 rings (SSSR count). The number of benzene rings is 13. The summed E-state index contributed by atoms with van der Waals surface area (Å²) in [6.07, 6.45) is 0. The number of fused-ring (bicyclic) bond motifs is 7. The fraction of sp³-hybridized carbons (Fsp3) is 0. The smallest absolute Gasteiger partial charge is 0.252 e. The van der Waals surface area contributed by atoms with Crippen molar-refractivity contribution in [3.05, 3.63) is 340 Å². The Bertz CT molecular complexity index is 5510. The third-order valence-corrected chi connectivity index (χ3v) is 18.6. The molecule has 0 fully saturated rings. The molecule has 16 aromatic rings. The van der Waals surface area contributed by atoms with Crippen molar-refractivity contribution in [2.45, 2.75) is 0 Å². The maximum absolute atomic E-state index is 5.70. The van der Waals surface area contributed by atoms with Gasteiger partial charge >= 0.3 is 0 Å². The van der Waals surface area contributed by atoms with E-state index in [0.29, 0.717) is 11.6 Å². The molecule has 8 heteroatoms. The van der Waals surface area contributed by atoms with Crippen LogP contribution >= 0.6 is 0 Å². The van der Waals surface area contributed by atoms with Gasteiger partial charge < -0.3 is 14.4 Å². The highest BCUT2D eigenvalue weighted by molar-refractivity contribution is 7.00. The van der Waals surface area contributed by atoms with Crippen molar-refractivity contribution in [3.8, 4) is 95.7 Å². The lowest BCUT2D eigenvalue weighted by atomic mass is 9.33. The van der Waals surface area contributed by atoms with E-state index in [-0.39, 0.29) is 6.71 Å². The van der Waals surface area contributed by atoms with Crippen LogP contribution in [0.3, 0.4) is 0 Å². The molecule has 0 unspecified atom stereocenters. The summed E-state index contributed by atoms with van der Waals surface area (Å²) in [7, 11) is 0. The van der Waals surface area contributed by atoms with Crippen LogP contribution in [-0.2, 0) is 0 Å². The molecule has 5 heterocycles. The van der Waals surface area contributed by atoms with Gasteiger partial charge in [-0.15, -0.1) is 0 Å². The van der Waals surface area contributed by atoms with Gasteiger partial charge in [0.05, 0.1) is 39.5 Å². The topological polar surface area (TPSA) is 63.0 Å². The minimum atomic E-state index is 0.0672. The van der Waals surface area contributed by atoms with Gasteiger partial charge in [0.1, 0.15) is 0 Å². The predicted molar refractivity (Wildman–Crippen MR) is 389 cm³/mol. The van der Waals surface area contributed by atoms with Crippen molar-refractivity contribution in [3.63, 3.8) is 0 Å². The average molecular weight is 1200 g/mol. The lowest BCUT2D eigenvalue weighted by molar-refractivity contribution is 1.15. The van der Waals surface area contributed by atoms with Crippen molar-refractivity contribution < 1.29 is 0 Å². The molecular weight excluding hydrogens is 1140 g/mol. The Labute approximate surface area is 545 Å². The van der Waals surface area contributed by atoms with Crippen molar-refractivity contribution in [1.82, 2.24) is 24.5 Å². The molecule has 0 saturated heterocycles. The minimum absolute atomic E-state index is 0.0672. The van der Waals surface area contributed by atoms with Crippen molar-refractivity contribution >= 4 is 79.0 Å². The fourth-order valence-corrected chi connectivity index (χ4v) is 14.3. The molecule has 0 amide bonds. The highest BCUT2D eigenvalue weighted by Gasteiger charge is 2.43. The van der Waals surface area contributed by atoms with Gasteiger partial charge in [-0.05, 0) is 136 Å². The van der Waals surface area contributed by atoms with Gasteiger partial charge in [-0.1, -0.05) is 243 Å². The zero-order chi connectivity index (χ0) is 62.1. The Morgan fingerprint density at radius 3 is 1.31 bits per heavy atom. The molecule has 2 aliphatic rings. The Morgan fingerprint density at radius 2 is 0.660 bits per heavy atom. The maximum Gasteiger partial charge on any atom is 0.252 e. The molecule has 94 heavy (non-hydrogen) atoms. The normalized spacial score (nSPS) is 12.2. The summed E-state index contributed by atoms with van der Waals surface area (Å²) in [6.45, 7) is 0.0672. The fourth-order valence-electron chi connectivity index (χ4n) is 14.3. The van der Waals surface area contributed by atoms with Gasteiger partial charge in [0.25, 0.3) is 6.71 Å². The first-order chi connectivity index (χ1) is 46.6. The minimum Gasteiger partial charge on any atom is -0.311 e. The van der Waals surface area contributed by atoms with Crippen LogP contribution in [-0.4, -0.2) is 31.2 Å². The summed E-state index contributed by atoms with van der Waals surface area (Å²) in [4.78, 5) is 26.6. The van der Waals surface area contributed by atoms with Crippen LogP contribution in [0.1, 0.15) is 0 Å². The molecule has 0 radical (unpaired) electrons. The summed E-state index contributed by atoms with van der Waals surface area (Å²) in [5.41, 5.74) is 27.4. The van der Waals surface area contributed by atoms with Crippen LogP contribution in [0, 0.1) is 0 Å². The molecule has 0 saturated carbocycles. The molecule has 0 atom stereocenters. The SMILES string of the molecule is c1ccc(-c2ccc3c(c2)c2ccccc2n3-c2ccc(-c3cc(-c4ccccc4)nc(-c4ccccc4)n3)cc2-c2cc(-c3ccccc3)nc(-c3cccc(-c4ccc(N5c6ccccc6B6c7ccccc7N(c7ccccc7)c7cccc5c76)cc4)c3)n2)cc1. The highest BCUT2D eigenvalue weighted by Crippen LogP contribution is 2.46. The quantitative estimate of drug-likeness (QED) is 0.120. The van der Waals surface area contributed by atoms with Gasteiger partial charge in [-0.3, -0.25) is 0 Å². The van der Waals surface area contributed by atoms with E-state index in [0.717, 1.165) is 112 Å². The largest absolute Gasteiger partial charge is 0.311 e. The Balaban J connectivity index is 0.787. The first kappa shape index (κ1) is 54.4. The monoisotopic (exact) mass is 1200 g/mol. The Kier molecular flexibility index (Phi) is 13.2. The van der Waals surface area contributed by atoms with Gasteiger partial charge in [0.15, 0.2) is 11.6 Å². The van der Waals surface area contributed by atoms with Crippen LogP contribution in [0.5, 0.6) is 0 Å². The molecule has 13 aromatic carbocycles. The van der Waals surface area contributed by atoms with E-state index in [1.54, 1.807) is 0 Å². The zero-order valence-electron chi connectivity index (χ0n) is 51.0. The average Bonchev–Trinajstić information content (AvgIpc) is 0.738. The Morgan fingerprint density at radius 1 is 0.234 bits per heavy atom. The number of para-hydroxylation sites is 4. The highest BCUT2D eigenvalue weighted by atomic mass is 15.2. The van der Waals surface area contributed by atoms with E-state index in [1.165, 1.54) is 44.7 Å². The van der Waals surface area contributed by atoms with Crippen molar-refractivity contribution in [2.24, 2.45) is 0 Å². The summed E-state index contributed by atoms with van der Waals surface area (Å²) in [5.74, 6) is 1.26. The lowest BCUT2D eigenvalue weighted by Crippen LogP contribution is -2.61. The number of rotatable bonds is 11. The lowest BCUT2D eigenvalue weighted by Gasteiger charge is -2.44. The van der Waals surface area contributed by atoms with Crippen LogP contribution in [0.25, 0.3) is 118 Å². The van der Waals surface area contributed by atoms with Crippen molar-refractivity contribution in [1.29, 1.82) is 0 Å². The third-order valence-electron chi connectivity index (χ3n) is 18.6. The zero-order valence-corrected chi connectivity index (χ0v) is 51.0. The van der Waals surface area contributed by atoms with E-state index in [2.05, 4.69) is 330 Å². The maximum atomic E-state index is 5.70. The van der Waals surface area contributed by atoms with Gasteiger partial charge in [-0.2, -0.15) is 0 Å². The van der Waals surface area contributed by atoms with Gasteiger partial charge in [0, 0.05) is 78.3 Å². The van der Waals surface area contributed by atoms with E-state index < -0.39 is 0 Å². The molecule has 0 spiro atoms. The first-order valence-electron chi connectivity index (χ1n) is 32.0. The molecule has 3 aromatic heterocycles. The van der Waals surface area contributed by atoms with E-state index in [1.807, 2.05) is 24.3 Å². The van der Waals surface area contributed by atoms with Gasteiger partial charge in [0.2, 0.25) is 0 Å². The van der Waals surface area contributed by atoms with Crippen LogP contribution in [0.15, 0.2) is 340 Å². The number of nitrogens with zero attached hydrogens (tertiary/aromatic N) is 7. The third kappa shape index (κ3) is 9.38. The molecule has 2 aliphatic heterocycles. The molecular formula is C86H56BN7. The summed E-state index contributed by atoms with van der Waals surface area (Å²) < 4.78 is 2.41. The molecule has 7 nitrogen and oxygen atoms in total. The van der Waals surface area contributed by atoms with Crippen LogP contribution < -0.4 is 26.2 Å². The van der Waals surface area contributed by atoms with Crippen LogP contribution in [0.4, 0.5) is 34.1 Å². The van der Waals surface area contributed by atoms with E-state index in [9.17, 15) is 0 Å². The van der Waals surface area contributed by atoms with E-state index >= 15 is 0 Å². The summed E-state index contributed by atoms with van der Waals surface area (Å²) in [6, 6.07) is 121. The second kappa shape index (κ2) is 22.8. The number of hydrogen-bond donors (Lipinski definition) is 0. The summed E-state index contributed by atoms with van der Waals surface area (Å²) in [5, 5.41) is 2.32. The molecule has 0 N–H and O–H groups in total. The number of anilines is 6. The Hall–Kier alpha value is -12.5. The predicted octanol–water partition coefficient (Wildman–Crippen LogP) is 19.8. The van der Waals surface area contributed by atoms with Crippen LogP contribution in [0.2, 0.25) is 0 Å².